The Balaban J connectivity index is 2.02. The minimum Gasteiger partial charge on any atom is -0.397 e. The Morgan fingerprint density at radius 3 is 2.85 bits per heavy atom. The molecular formula is C14H18N4OS. The van der Waals surface area contributed by atoms with Gasteiger partial charge in [-0.15, -0.1) is 11.3 Å². The summed E-state index contributed by atoms with van der Waals surface area (Å²) in [6, 6.07) is 0. The lowest BCUT2D eigenvalue weighted by Gasteiger charge is -2.25. The van der Waals surface area contributed by atoms with Crippen molar-refractivity contribution in [2.75, 3.05) is 18.8 Å². The number of aryl methyl sites for hydroxylation is 2. The van der Waals surface area contributed by atoms with E-state index >= 15 is 0 Å². The van der Waals surface area contributed by atoms with Crippen LogP contribution in [-0.2, 0) is 7.05 Å². The first-order chi connectivity index (χ1) is 9.49. The number of fused-ring (bicyclic) bond motifs is 1. The van der Waals surface area contributed by atoms with Gasteiger partial charge in [0.2, 0.25) is 0 Å². The van der Waals surface area contributed by atoms with Gasteiger partial charge in [-0.3, -0.25) is 9.48 Å². The third-order valence-electron chi connectivity index (χ3n) is 3.70. The summed E-state index contributed by atoms with van der Waals surface area (Å²) in [5.74, 6) is 0.0375. The monoisotopic (exact) mass is 290 g/mol. The van der Waals surface area contributed by atoms with Crippen molar-refractivity contribution in [3.8, 4) is 0 Å². The topological polar surface area (TPSA) is 64.2 Å². The number of rotatable bonds is 1. The molecule has 106 valence electrons. The zero-order chi connectivity index (χ0) is 14.4. The predicted molar refractivity (Wildman–Crippen MR) is 82.0 cm³/mol. The van der Waals surface area contributed by atoms with E-state index in [4.69, 9.17) is 5.73 Å². The number of carbonyl (C=O) groups is 1. The molecule has 1 aliphatic heterocycles. The van der Waals surface area contributed by atoms with Crippen LogP contribution in [0.2, 0.25) is 0 Å². The first-order valence-corrected chi connectivity index (χ1v) is 7.47. The minimum atomic E-state index is 0.0375. The number of nitrogens with zero attached hydrogens (tertiary/aromatic N) is 3. The highest BCUT2D eigenvalue weighted by Gasteiger charge is 2.25. The van der Waals surface area contributed by atoms with Crippen LogP contribution in [0.5, 0.6) is 0 Å². The molecule has 0 fully saturated rings. The average molecular weight is 290 g/mol. The third kappa shape index (κ3) is 1.91. The van der Waals surface area contributed by atoms with E-state index < -0.39 is 0 Å². The Morgan fingerprint density at radius 2 is 2.20 bits per heavy atom. The highest BCUT2D eigenvalue weighted by atomic mass is 32.1. The molecule has 0 saturated carbocycles. The Kier molecular flexibility index (Phi) is 3.05. The van der Waals surface area contributed by atoms with Gasteiger partial charge in [-0.2, -0.15) is 5.10 Å². The Morgan fingerprint density at radius 1 is 1.45 bits per heavy atom. The average Bonchev–Trinajstić information content (AvgIpc) is 2.88. The van der Waals surface area contributed by atoms with Gasteiger partial charge in [0.05, 0.1) is 16.8 Å². The first kappa shape index (κ1) is 13.2. The summed E-state index contributed by atoms with van der Waals surface area (Å²) in [5, 5.41) is 5.27. The summed E-state index contributed by atoms with van der Waals surface area (Å²) < 4.78 is 1.80. The lowest BCUT2D eigenvalue weighted by molar-refractivity contribution is 0.0772. The molecule has 3 rings (SSSR count). The lowest BCUT2D eigenvalue weighted by Crippen LogP contribution is -2.35. The van der Waals surface area contributed by atoms with Crippen molar-refractivity contribution in [2.24, 2.45) is 7.05 Å². The van der Waals surface area contributed by atoms with Crippen LogP contribution in [0.25, 0.3) is 10.2 Å². The van der Waals surface area contributed by atoms with Crippen LogP contribution in [-0.4, -0.2) is 33.7 Å². The van der Waals surface area contributed by atoms with E-state index in [1.54, 1.807) is 4.68 Å². The highest BCUT2D eigenvalue weighted by Crippen LogP contribution is 2.36. The Hall–Kier alpha value is -1.82. The number of amides is 1. The molecule has 3 heterocycles. The molecule has 20 heavy (non-hydrogen) atoms. The van der Waals surface area contributed by atoms with E-state index in [1.165, 1.54) is 16.9 Å². The molecule has 1 aliphatic rings. The molecule has 0 spiro atoms. The molecule has 0 aliphatic carbocycles. The van der Waals surface area contributed by atoms with Crippen molar-refractivity contribution in [2.45, 2.75) is 20.3 Å². The summed E-state index contributed by atoms with van der Waals surface area (Å²) in [5.41, 5.74) is 8.88. The normalized spacial score (nSPS) is 15.8. The molecule has 0 atom stereocenters. The van der Waals surface area contributed by atoms with E-state index in [-0.39, 0.29) is 5.91 Å². The summed E-state index contributed by atoms with van der Waals surface area (Å²) in [7, 11) is 1.88. The van der Waals surface area contributed by atoms with Crippen LogP contribution in [0.15, 0.2) is 11.6 Å². The van der Waals surface area contributed by atoms with Gasteiger partial charge in [-0.1, -0.05) is 11.6 Å². The molecule has 2 aromatic rings. The molecule has 0 aromatic carbocycles. The summed E-state index contributed by atoms with van der Waals surface area (Å²) in [6.45, 7) is 5.44. The predicted octanol–water partition coefficient (Wildman–Crippen LogP) is 2.32. The molecule has 2 N–H and O–H groups in total. The SMILES string of the molecule is CC1=CCCN(C(=O)c2sc3c(c(C)nn3C)c2N)C1. The molecule has 0 radical (unpaired) electrons. The second kappa shape index (κ2) is 4.63. The lowest BCUT2D eigenvalue weighted by atomic mass is 10.1. The summed E-state index contributed by atoms with van der Waals surface area (Å²) in [4.78, 5) is 16.1. The van der Waals surface area contributed by atoms with Crippen LogP contribution < -0.4 is 5.73 Å². The highest BCUT2D eigenvalue weighted by molar-refractivity contribution is 7.21. The number of hydrogen-bond donors (Lipinski definition) is 1. The molecular weight excluding hydrogens is 272 g/mol. The van der Waals surface area contributed by atoms with Crippen LogP contribution in [0, 0.1) is 6.92 Å². The number of anilines is 1. The van der Waals surface area contributed by atoms with Crippen molar-refractivity contribution in [3.05, 3.63) is 22.2 Å². The van der Waals surface area contributed by atoms with Gasteiger partial charge in [-0.05, 0) is 20.3 Å². The van der Waals surface area contributed by atoms with E-state index in [0.717, 1.165) is 28.9 Å². The Labute approximate surface area is 121 Å². The van der Waals surface area contributed by atoms with Crippen LogP contribution >= 0.6 is 11.3 Å². The maximum Gasteiger partial charge on any atom is 0.266 e. The molecule has 6 heteroatoms. The number of nitrogens with two attached hydrogens (primary N) is 1. The van der Waals surface area contributed by atoms with E-state index in [0.29, 0.717) is 17.1 Å². The van der Waals surface area contributed by atoms with Crippen LogP contribution in [0.1, 0.15) is 28.7 Å². The fourth-order valence-corrected chi connectivity index (χ4v) is 3.87. The molecule has 0 unspecified atom stereocenters. The second-order valence-corrected chi connectivity index (χ2v) is 6.30. The molecule has 0 saturated heterocycles. The second-order valence-electron chi connectivity index (χ2n) is 5.30. The smallest absolute Gasteiger partial charge is 0.266 e. The van der Waals surface area contributed by atoms with Crippen LogP contribution in [0.4, 0.5) is 5.69 Å². The van der Waals surface area contributed by atoms with Crippen molar-refractivity contribution < 1.29 is 4.79 Å². The van der Waals surface area contributed by atoms with Crippen LogP contribution in [0.3, 0.4) is 0 Å². The largest absolute Gasteiger partial charge is 0.397 e. The van der Waals surface area contributed by atoms with Gasteiger partial charge >= 0.3 is 0 Å². The Bertz CT molecular complexity index is 725. The number of thiophene rings is 1. The van der Waals surface area contributed by atoms with Gasteiger partial charge in [0.15, 0.2) is 0 Å². The number of carbonyl (C=O) groups excluding carboxylic acids is 1. The maximum absolute atomic E-state index is 12.7. The quantitative estimate of drug-likeness (QED) is 0.820. The van der Waals surface area contributed by atoms with Crippen molar-refractivity contribution in [1.29, 1.82) is 0 Å². The van der Waals surface area contributed by atoms with Crippen molar-refractivity contribution >= 4 is 33.1 Å². The van der Waals surface area contributed by atoms with Crippen molar-refractivity contribution in [1.82, 2.24) is 14.7 Å². The zero-order valence-electron chi connectivity index (χ0n) is 11.9. The molecule has 1 amide bonds. The number of aromatic nitrogens is 2. The molecule has 2 aromatic heterocycles. The van der Waals surface area contributed by atoms with Gasteiger partial charge in [-0.25, -0.2) is 0 Å². The fourth-order valence-electron chi connectivity index (χ4n) is 2.72. The van der Waals surface area contributed by atoms with Gasteiger partial charge in [0, 0.05) is 20.1 Å². The first-order valence-electron chi connectivity index (χ1n) is 6.65. The van der Waals surface area contributed by atoms with E-state index in [9.17, 15) is 4.79 Å². The fraction of sp³-hybridized carbons (Fsp3) is 0.429. The zero-order valence-corrected chi connectivity index (χ0v) is 12.8. The van der Waals surface area contributed by atoms with Gasteiger partial charge in [0.25, 0.3) is 5.91 Å². The number of hydrogen-bond acceptors (Lipinski definition) is 4. The van der Waals surface area contributed by atoms with Gasteiger partial charge in [0.1, 0.15) is 9.71 Å². The standard InChI is InChI=1S/C14H18N4OS/c1-8-5-4-6-18(7-8)13(19)12-11(15)10-9(2)16-17(3)14(10)20-12/h5H,4,6-7,15H2,1-3H3. The third-order valence-corrected chi connectivity index (χ3v) is 4.96. The summed E-state index contributed by atoms with van der Waals surface area (Å²) >= 11 is 1.44. The van der Waals surface area contributed by atoms with Crippen molar-refractivity contribution in [3.63, 3.8) is 0 Å². The van der Waals surface area contributed by atoms with Gasteiger partial charge < -0.3 is 10.6 Å². The van der Waals surface area contributed by atoms with E-state index in [2.05, 4.69) is 18.1 Å². The summed E-state index contributed by atoms with van der Waals surface area (Å²) in [6.07, 6.45) is 3.11. The molecule has 5 nitrogen and oxygen atoms in total. The molecule has 0 bridgehead atoms. The maximum atomic E-state index is 12.7. The van der Waals surface area contributed by atoms with E-state index in [1.807, 2.05) is 18.9 Å². The minimum absolute atomic E-state index is 0.0375. The number of nitrogen functional groups attached to an aromatic ring is 1.